The van der Waals surface area contributed by atoms with Crippen LogP contribution in [0.5, 0.6) is 0 Å². The van der Waals surface area contributed by atoms with Gasteiger partial charge in [-0.05, 0) is 83.5 Å². The molecule has 0 aromatic carbocycles. The minimum absolute atomic E-state index is 0.000822. The molecule has 2 unspecified atom stereocenters. The lowest BCUT2D eigenvalue weighted by Gasteiger charge is -2.20. The number of hydrogen-bond donors (Lipinski definition) is 3. The van der Waals surface area contributed by atoms with Crippen molar-refractivity contribution in [2.24, 2.45) is 0 Å². The summed E-state index contributed by atoms with van der Waals surface area (Å²) in [6.45, 7) is 4.87. The third-order valence-electron chi connectivity index (χ3n) is 12.9. The Bertz CT molecular complexity index is 1040. The molecule has 0 heterocycles. The number of aliphatic hydroxyl groups excluding tert-OH is 2. The quantitative estimate of drug-likeness (QED) is 0.0321. The smallest absolute Gasteiger partial charge is 0.305 e. The Hall–Kier alpha value is -1.92. The van der Waals surface area contributed by atoms with Crippen molar-refractivity contribution in [3.63, 3.8) is 0 Å². The van der Waals surface area contributed by atoms with Crippen LogP contribution < -0.4 is 5.32 Å². The van der Waals surface area contributed by atoms with Gasteiger partial charge in [0.25, 0.3) is 0 Å². The fraction of sp³-hybridized carbons (Fsp3) is 0.862. The highest BCUT2D eigenvalue weighted by atomic mass is 16.5. The van der Waals surface area contributed by atoms with E-state index in [1.54, 1.807) is 6.08 Å². The number of hydrogen-bond acceptors (Lipinski definition) is 5. The number of unbranched alkanes of at least 4 members (excludes halogenated alkanes) is 37. The molecule has 2 atom stereocenters. The fourth-order valence-electron chi connectivity index (χ4n) is 8.50. The standard InChI is InChI=1S/C58H109NO5/c1-3-5-7-9-11-13-15-16-24-28-32-36-40-44-48-52-58(63)64-53-49-45-41-37-33-29-26-23-21-19-17-18-20-22-25-27-31-35-39-43-47-51-57(62)59-55(54-60)56(61)50-46-42-38-34-30-14-12-10-8-6-4-2/h16,18,20,24,46,50,55-56,60-61H,3-15,17,19,21-23,25-45,47-49,51-54H2,1-2H3,(H,59,62)/b20-18-,24-16-,50-46+. The van der Waals surface area contributed by atoms with Gasteiger partial charge in [0, 0.05) is 12.8 Å². The van der Waals surface area contributed by atoms with Crippen molar-refractivity contribution >= 4 is 11.9 Å². The third kappa shape index (κ3) is 49.5. The monoisotopic (exact) mass is 900 g/mol. The SMILES string of the molecule is CCCCCCCC/C=C\CCCCCCCC(=O)OCCCCCCCCCCCC/C=C\CCCCCCCCCC(=O)NC(CO)C(O)/C=C/CCCCCCCCCCC. The summed E-state index contributed by atoms with van der Waals surface area (Å²) >= 11 is 0. The summed E-state index contributed by atoms with van der Waals surface area (Å²) in [6, 6.07) is -0.632. The maximum atomic E-state index is 12.4. The second-order valence-corrected chi connectivity index (χ2v) is 19.3. The molecule has 0 aromatic rings. The zero-order valence-corrected chi connectivity index (χ0v) is 42.8. The van der Waals surface area contributed by atoms with Crippen LogP contribution >= 0.6 is 0 Å². The summed E-state index contributed by atoms with van der Waals surface area (Å²) in [5.74, 6) is -0.0783. The predicted molar refractivity (Wildman–Crippen MR) is 278 cm³/mol. The minimum Gasteiger partial charge on any atom is -0.466 e. The number of esters is 1. The molecule has 0 radical (unpaired) electrons. The highest BCUT2D eigenvalue weighted by molar-refractivity contribution is 5.76. The van der Waals surface area contributed by atoms with Crippen molar-refractivity contribution < 1.29 is 24.5 Å². The first-order valence-electron chi connectivity index (χ1n) is 28.3. The molecule has 6 nitrogen and oxygen atoms in total. The summed E-state index contributed by atoms with van der Waals surface area (Å²) < 4.78 is 5.47. The number of aliphatic hydroxyl groups is 2. The number of allylic oxidation sites excluding steroid dienone is 5. The molecule has 0 aliphatic rings. The maximum Gasteiger partial charge on any atom is 0.305 e. The van der Waals surface area contributed by atoms with Gasteiger partial charge in [-0.25, -0.2) is 0 Å². The molecule has 0 aliphatic carbocycles. The van der Waals surface area contributed by atoms with Crippen LogP contribution in [0, 0.1) is 0 Å². The van der Waals surface area contributed by atoms with E-state index >= 15 is 0 Å². The molecule has 64 heavy (non-hydrogen) atoms. The Labute approximate surface area is 398 Å². The normalized spacial score (nSPS) is 12.9. The van der Waals surface area contributed by atoms with E-state index in [0.29, 0.717) is 19.4 Å². The minimum atomic E-state index is -0.848. The van der Waals surface area contributed by atoms with Gasteiger partial charge >= 0.3 is 5.97 Å². The number of carbonyl (C=O) groups excluding carboxylic acids is 2. The summed E-state index contributed by atoms with van der Waals surface area (Å²) in [5.41, 5.74) is 0. The lowest BCUT2D eigenvalue weighted by atomic mass is 10.0. The molecule has 376 valence electrons. The average Bonchev–Trinajstić information content (AvgIpc) is 3.29. The van der Waals surface area contributed by atoms with Crippen LogP contribution in [0.2, 0.25) is 0 Å². The second-order valence-electron chi connectivity index (χ2n) is 19.3. The van der Waals surface area contributed by atoms with Crippen molar-refractivity contribution in [2.45, 2.75) is 309 Å². The number of amides is 1. The summed E-state index contributed by atoms with van der Waals surface area (Å²) in [7, 11) is 0. The molecule has 0 saturated carbocycles. The summed E-state index contributed by atoms with van der Waals surface area (Å²) in [4.78, 5) is 24.4. The molecule has 0 aliphatic heterocycles. The number of ether oxygens (including phenoxy) is 1. The Morgan fingerprint density at radius 3 is 1.11 bits per heavy atom. The molecular formula is C58H109NO5. The van der Waals surface area contributed by atoms with Crippen LogP contribution in [-0.2, 0) is 14.3 Å². The van der Waals surface area contributed by atoms with Gasteiger partial charge in [-0.15, -0.1) is 0 Å². The van der Waals surface area contributed by atoms with Gasteiger partial charge in [0.15, 0.2) is 0 Å². The van der Waals surface area contributed by atoms with Crippen LogP contribution in [0.4, 0.5) is 0 Å². The molecule has 0 rings (SSSR count). The van der Waals surface area contributed by atoms with Crippen molar-refractivity contribution in [3.8, 4) is 0 Å². The Morgan fingerprint density at radius 1 is 0.422 bits per heavy atom. The molecular weight excluding hydrogens is 791 g/mol. The number of rotatable bonds is 52. The molecule has 0 bridgehead atoms. The van der Waals surface area contributed by atoms with Gasteiger partial charge in [0.05, 0.1) is 25.4 Å². The number of carbonyl (C=O) groups is 2. The largest absolute Gasteiger partial charge is 0.466 e. The Morgan fingerprint density at radius 2 is 0.734 bits per heavy atom. The van der Waals surface area contributed by atoms with Gasteiger partial charge in [0.1, 0.15) is 0 Å². The molecule has 0 aromatic heterocycles. The van der Waals surface area contributed by atoms with Crippen LogP contribution in [0.25, 0.3) is 0 Å². The zero-order chi connectivity index (χ0) is 46.5. The van der Waals surface area contributed by atoms with Gasteiger partial charge in [0.2, 0.25) is 5.91 Å². The van der Waals surface area contributed by atoms with E-state index in [-0.39, 0.29) is 18.5 Å². The highest BCUT2D eigenvalue weighted by Gasteiger charge is 2.18. The van der Waals surface area contributed by atoms with Crippen molar-refractivity contribution in [1.82, 2.24) is 5.32 Å². The highest BCUT2D eigenvalue weighted by Crippen LogP contribution is 2.15. The van der Waals surface area contributed by atoms with Crippen molar-refractivity contribution in [3.05, 3.63) is 36.5 Å². The van der Waals surface area contributed by atoms with E-state index in [1.165, 1.54) is 218 Å². The van der Waals surface area contributed by atoms with Crippen molar-refractivity contribution in [1.29, 1.82) is 0 Å². The van der Waals surface area contributed by atoms with E-state index < -0.39 is 12.1 Å². The molecule has 0 spiro atoms. The predicted octanol–water partition coefficient (Wildman–Crippen LogP) is 17.2. The average molecular weight is 901 g/mol. The topological polar surface area (TPSA) is 95.9 Å². The first-order chi connectivity index (χ1) is 31.5. The zero-order valence-electron chi connectivity index (χ0n) is 42.8. The van der Waals surface area contributed by atoms with Crippen LogP contribution in [0.1, 0.15) is 296 Å². The fourth-order valence-corrected chi connectivity index (χ4v) is 8.50. The lowest BCUT2D eigenvalue weighted by Crippen LogP contribution is -2.45. The summed E-state index contributed by atoms with van der Waals surface area (Å²) in [6.07, 6.45) is 65.9. The van der Waals surface area contributed by atoms with Crippen LogP contribution in [0.3, 0.4) is 0 Å². The van der Waals surface area contributed by atoms with Crippen LogP contribution in [0.15, 0.2) is 36.5 Å². The Kier molecular flexibility index (Phi) is 52.1. The van der Waals surface area contributed by atoms with E-state index in [0.717, 1.165) is 51.4 Å². The first-order valence-corrected chi connectivity index (χ1v) is 28.3. The van der Waals surface area contributed by atoms with Gasteiger partial charge in [-0.1, -0.05) is 237 Å². The van der Waals surface area contributed by atoms with Gasteiger partial charge in [-0.3, -0.25) is 9.59 Å². The van der Waals surface area contributed by atoms with Crippen molar-refractivity contribution in [2.75, 3.05) is 13.2 Å². The van der Waals surface area contributed by atoms with E-state index in [9.17, 15) is 19.8 Å². The Balaban J connectivity index is 3.43. The summed E-state index contributed by atoms with van der Waals surface area (Å²) in [5, 5.41) is 23.0. The van der Waals surface area contributed by atoms with Gasteiger partial charge < -0.3 is 20.3 Å². The molecule has 0 fully saturated rings. The molecule has 0 saturated heterocycles. The van der Waals surface area contributed by atoms with E-state index in [4.69, 9.17) is 4.74 Å². The van der Waals surface area contributed by atoms with E-state index in [1.807, 2.05) is 6.08 Å². The second kappa shape index (κ2) is 53.7. The lowest BCUT2D eigenvalue weighted by molar-refractivity contribution is -0.143. The van der Waals surface area contributed by atoms with Crippen LogP contribution in [-0.4, -0.2) is 47.4 Å². The van der Waals surface area contributed by atoms with E-state index in [2.05, 4.69) is 43.5 Å². The third-order valence-corrected chi connectivity index (χ3v) is 12.9. The van der Waals surface area contributed by atoms with Gasteiger partial charge in [-0.2, -0.15) is 0 Å². The maximum absolute atomic E-state index is 12.4. The first kappa shape index (κ1) is 62.1. The number of nitrogens with one attached hydrogen (secondary N) is 1. The molecule has 3 N–H and O–H groups in total. The molecule has 1 amide bonds. The molecule has 6 heteroatoms.